The predicted octanol–water partition coefficient (Wildman–Crippen LogP) is 3.00. The van der Waals surface area contributed by atoms with E-state index in [1.165, 1.54) is 0 Å². The van der Waals surface area contributed by atoms with Gasteiger partial charge in [-0.25, -0.2) is 0 Å². The Labute approximate surface area is 102 Å². The highest BCUT2D eigenvalue weighted by molar-refractivity contribution is 5.47. The van der Waals surface area contributed by atoms with Crippen LogP contribution in [0.4, 0.5) is 0 Å². The standard InChI is InChI=1S/C15H16O2/c1-5-12-13-8-11(16-4)6-7-15(13)17-9-14(12)10(2)3/h1,6-8,12,14H,2,9H2,3-4H3/t12-,14+/m1/s1. The summed E-state index contributed by atoms with van der Waals surface area (Å²) in [5.74, 6) is 4.70. The number of methoxy groups -OCH3 is 1. The minimum atomic E-state index is 0.0198. The van der Waals surface area contributed by atoms with Gasteiger partial charge in [-0.15, -0.1) is 6.42 Å². The molecule has 1 aromatic carbocycles. The Hall–Kier alpha value is -1.88. The summed E-state index contributed by atoms with van der Waals surface area (Å²) in [6.07, 6.45) is 5.65. The van der Waals surface area contributed by atoms with Gasteiger partial charge in [0.1, 0.15) is 11.5 Å². The number of benzene rings is 1. The first-order chi connectivity index (χ1) is 8.17. The third-order valence-corrected chi connectivity index (χ3v) is 3.19. The maximum absolute atomic E-state index is 5.72. The summed E-state index contributed by atoms with van der Waals surface area (Å²) >= 11 is 0. The van der Waals surface area contributed by atoms with Gasteiger partial charge >= 0.3 is 0 Å². The maximum atomic E-state index is 5.72. The number of ether oxygens (including phenoxy) is 2. The fraction of sp³-hybridized carbons (Fsp3) is 0.333. The topological polar surface area (TPSA) is 18.5 Å². The first kappa shape index (κ1) is 11.6. The molecule has 1 aromatic rings. The number of terminal acetylenes is 1. The van der Waals surface area contributed by atoms with Gasteiger partial charge in [0.05, 0.1) is 19.6 Å². The van der Waals surface area contributed by atoms with Crippen LogP contribution in [-0.2, 0) is 0 Å². The molecule has 2 heteroatoms. The molecule has 0 spiro atoms. The summed E-state index contributed by atoms with van der Waals surface area (Å²) in [6.45, 7) is 6.58. The molecular weight excluding hydrogens is 212 g/mol. The van der Waals surface area contributed by atoms with Crippen molar-refractivity contribution in [2.75, 3.05) is 13.7 Å². The molecule has 0 saturated heterocycles. The van der Waals surface area contributed by atoms with Crippen LogP contribution in [-0.4, -0.2) is 13.7 Å². The summed E-state index contributed by atoms with van der Waals surface area (Å²) in [5.41, 5.74) is 2.08. The third kappa shape index (κ3) is 2.01. The van der Waals surface area contributed by atoms with Gasteiger partial charge in [0.25, 0.3) is 0 Å². The van der Waals surface area contributed by atoms with E-state index in [9.17, 15) is 0 Å². The van der Waals surface area contributed by atoms with Gasteiger partial charge in [0, 0.05) is 11.5 Å². The molecule has 2 nitrogen and oxygen atoms in total. The van der Waals surface area contributed by atoms with Crippen molar-refractivity contribution in [2.45, 2.75) is 12.8 Å². The molecule has 0 radical (unpaired) electrons. The van der Waals surface area contributed by atoms with Gasteiger partial charge in [-0.1, -0.05) is 18.1 Å². The molecule has 0 N–H and O–H groups in total. The monoisotopic (exact) mass is 228 g/mol. The smallest absolute Gasteiger partial charge is 0.124 e. The summed E-state index contributed by atoms with van der Waals surface area (Å²) in [7, 11) is 1.65. The van der Waals surface area contributed by atoms with E-state index in [1.54, 1.807) is 7.11 Å². The average Bonchev–Trinajstić information content (AvgIpc) is 2.36. The van der Waals surface area contributed by atoms with Crippen LogP contribution in [0.2, 0.25) is 0 Å². The minimum absolute atomic E-state index is 0.0198. The SMILES string of the molecule is C#C[C@@H]1c2cc(OC)ccc2OC[C@H]1C(=C)C. The van der Waals surface area contributed by atoms with E-state index in [-0.39, 0.29) is 11.8 Å². The summed E-state index contributed by atoms with van der Waals surface area (Å²) in [4.78, 5) is 0. The van der Waals surface area contributed by atoms with Crippen molar-refractivity contribution < 1.29 is 9.47 Å². The number of rotatable bonds is 2. The van der Waals surface area contributed by atoms with Crippen LogP contribution in [0.5, 0.6) is 11.5 Å². The molecule has 1 heterocycles. The van der Waals surface area contributed by atoms with Crippen molar-refractivity contribution in [3.05, 3.63) is 35.9 Å². The zero-order valence-corrected chi connectivity index (χ0v) is 10.2. The van der Waals surface area contributed by atoms with Crippen molar-refractivity contribution >= 4 is 0 Å². The van der Waals surface area contributed by atoms with E-state index in [1.807, 2.05) is 25.1 Å². The molecule has 88 valence electrons. The number of hydrogen-bond acceptors (Lipinski definition) is 2. The Balaban J connectivity index is 2.46. The van der Waals surface area contributed by atoms with Gasteiger partial charge in [-0.05, 0) is 25.1 Å². The lowest BCUT2D eigenvalue weighted by Crippen LogP contribution is -2.25. The van der Waals surface area contributed by atoms with Crippen molar-refractivity contribution in [3.63, 3.8) is 0 Å². The van der Waals surface area contributed by atoms with Crippen LogP contribution < -0.4 is 9.47 Å². The molecule has 1 aliphatic heterocycles. The van der Waals surface area contributed by atoms with Gasteiger partial charge in [0.15, 0.2) is 0 Å². The highest BCUT2D eigenvalue weighted by atomic mass is 16.5. The lowest BCUT2D eigenvalue weighted by Gasteiger charge is -2.31. The molecule has 17 heavy (non-hydrogen) atoms. The molecule has 0 unspecified atom stereocenters. The minimum Gasteiger partial charge on any atom is -0.497 e. The van der Waals surface area contributed by atoms with Crippen molar-refractivity contribution in [3.8, 4) is 23.8 Å². The van der Waals surface area contributed by atoms with Crippen LogP contribution in [0, 0.1) is 18.3 Å². The summed E-state index contributed by atoms with van der Waals surface area (Å²) < 4.78 is 10.9. The van der Waals surface area contributed by atoms with Gasteiger partial charge in [0.2, 0.25) is 0 Å². The van der Waals surface area contributed by atoms with E-state index < -0.39 is 0 Å². The van der Waals surface area contributed by atoms with E-state index in [0.717, 1.165) is 22.6 Å². The second-order valence-corrected chi connectivity index (χ2v) is 4.31. The fourth-order valence-electron chi connectivity index (χ4n) is 2.15. The van der Waals surface area contributed by atoms with E-state index in [4.69, 9.17) is 15.9 Å². The number of hydrogen-bond donors (Lipinski definition) is 0. The largest absolute Gasteiger partial charge is 0.497 e. The Morgan fingerprint density at radius 3 is 2.94 bits per heavy atom. The highest BCUT2D eigenvalue weighted by Gasteiger charge is 2.30. The van der Waals surface area contributed by atoms with Crippen molar-refractivity contribution in [2.24, 2.45) is 5.92 Å². The van der Waals surface area contributed by atoms with Crippen LogP contribution in [0.15, 0.2) is 30.4 Å². The van der Waals surface area contributed by atoms with Gasteiger partial charge in [-0.3, -0.25) is 0 Å². The predicted molar refractivity (Wildman–Crippen MR) is 68.4 cm³/mol. The summed E-state index contributed by atoms with van der Waals surface area (Å²) in [6, 6.07) is 5.75. The van der Waals surface area contributed by atoms with E-state index in [0.29, 0.717) is 6.61 Å². The molecule has 2 atom stereocenters. The Bertz CT molecular complexity index is 482. The zero-order valence-electron chi connectivity index (χ0n) is 10.2. The van der Waals surface area contributed by atoms with Crippen LogP contribution in [0.25, 0.3) is 0 Å². The second-order valence-electron chi connectivity index (χ2n) is 4.31. The molecule has 0 bridgehead atoms. The number of fused-ring (bicyclic) bond motifs is 1. The van der Waals surface area contributed by atoms with E-state index in [2.05, 4.69) is 12.5 Å². The van der Waals surface area contributed by atoms with Crippen LogP contribution in [0.3, 0.4) is 0 Å². The first-order valence-corrected chi connectivity index (χ1v) is 5.59. The molecule has 2 rings (SSSR count). The van der Waals surface area contributed by atoms with Gasteiger partial charge in [-0.2, -0.15) is 0 Å². The van der Waals surface area contributed by atoms with Gasteiger partial charge < -0.3 is 9.47 Å². The van der Waals surface area contributed by atoms with E-state index >= 15 is 0 Å². The van der Waals surface area contributed by atoms with Crippen LogP contribution >= 0.6 is 0 Å². The Morgan fingerprint density at radius 1 is 1.59 bits per heavy atom. The molecule has 1 aliphatic rings. The fourth-order valence-corrected chi connectivity index (χ4v) is 2.15. The molecule has 0 aliphatic carbocycles. The average molecular weight is 228 g/mol. The maximum Gasteiger partial charge on any atom is 0.124 e. The highest BCUT2D eigenvalue weighted by Crippen LogP contribution is 2.40. The lowest BCUT2D eigenvalue weighted by molar-refractivity contribution is 0.232. The normalized spacial score (nSPS) is 21.9. The molecule has 0 fully saturated rings. The molecular formula is C15H16O2. The summed E-state index contributed by atoms with van der Waals surface area (Å²) in [5, 5.41) is 0. The Morgan fingerprint density at radius 2 is 2.35 bits per heavy atom. The Kier molecular flexibility index (Phi) is 3.10. The first-order valence-electron chi connectivity index (χ1n) is 5.59. The quantitative estimate of drug-likeness (QED) is 0.572. The zero-order chi connectivity index (χ0) is 12.4. The van der Waals surface area contributed by atoms with Crippen molar-refractivity contribution in [1.82, 2.24) is 0 Å². The molecule has 0 amide bonds. The lowest BCUT2D eigenvalue weighted by atomic mass is 9.81. The third-order valence-electron chi connectivity index (χ3n) is 3.19. The molecule has 0 saturated carbocycles. The van der Waals surface area contributed by atoms with Crippen LogP contribution in [0.1, 0.15) is 18.4 Å². The molecule has 0 aromatic heterocycles. The second kappa shape index (κ2) is 4.55. The van der Waals surface area contributed by atoms with Crippen molar-refractivity contribution in [1.29, 1.82) is 0 Å².